The maximum atomic E-state index is 12.5. The van der Waals surface area contributed by atoms with Gasteiger partial charge in [0, 0.05) is 11.3 Å². The van der Waals surface area contributed by atoms with Crippen molar-refractivity contribution in [2.24, 2.45) is 0 Å². The van der Waals surface area contributed by atoms with Crippen molar-refractivity contribution in [2.75, 3.05) is 22.5 Å². The zero-order chi connectivity index (χ0) is 22.4. The van der Waals surface area contributed by atoms with E-state index in [-0.39, 0.29) is 12.5 Å². The molecule has 0 saturated carbocycles. The van der Waals surface area contributed by atoms with E-state index in [0.29, 0.717) is 23.6 Å². The van der Waals surface area contributed by atoms with Gasteiger partial charge in [0.15, 0.2) is 0 Å². The first-order valence-electron chi connectivity index (χ1n) is 9.94. The zero-order valence-electron chi connectivity index (χ0n) is 17.8. The van der Waals surface area contributed by atoms with Gasteiger partial charge in [-0.15, -0.1) is 0 Å². The number of sulfonamides is 1. The van der Waals surface area contributed by atoms with E-state index >= 15 is 0 Å². The number of nitrogens with one attached hydrogen (secondary N) is 1. The van der Waals surface area contributed by atoms with Crippen LogP contribution in [0.15, 0.2) is 72.8 Å². The number of carbonyl (C=O) groups excluding carboxylic acids is 1. The van der Waals surface area contributed by atoms with Gasteiger partial charge in [0.05, 0.1) is 25.1 Å². The van der Waals surface area contributed by atoms with Crippen molar-refractivity contribution in [1.29, 1.82) is 0 Å². The second-order valence-electron chi connectivity index (χ2n) is 7.21. The van der Waals surface area contributed by atoms with Gasteiger partial charge in [-0.2, -0.15) is 0 Å². The number of aryl methyl sites for hydroxylation is 1. The monoisotopic (exact) mass is 438 g/mol. The number of nitrogens with zero attached hydrogens (tertiary/aromatic N) is 1. The molecule has 0 atom stereocenters. The molecule has 3 aromatic carbocycles. The number of hydrogen-bond acceptors (Lipinski definition) is 4. The molecular formula is C24H26N2O4S. The topological polar surface area (TPSA) is 75.7 Å². The minimum absolute atomic E-state index is 0.159. The van der Waals surface area contributed by atoms with Gasteiger partial charge in [-0.1, -0.05) is 29.8 Å². The Bertz CT molecular complexity index is 1120. The van der Waals surface area contributed by atoms with Crippen molar-refractivity contribution in [3.05, 3.63) is 89.5 Å². The van der Waals surface area contributed by atoms with Gasteiger partial charge < -0.3 is 10.1 Å². The molecule has 31 heavy (non-hydrogen) atoms. The molecule has 0 saturated heterocycles. The van der Waals surface area contributed by atoms with Crippen molar-refractivity contribution >= 4 is 27.3 Å². The molecule has 3 aromatic rings. The van der Waals surface area contributed by atoms with Crippen LogP contribution in [0, 0.1) is 6.92 Å². The molecule has 1 N–H and O–H groups in total. The molecule has 0 aliphatic rings. The smallest absolute Gasteiger partial charge is 0.255 e. The van der Waals surface area contributed by atoms with Gasteiger partial charge in [-0.25, -0.2) is 8.42 Å². The fourth-order valence-electron chi connectivity index (χ4n) is 3.04. The third kappa shape index (κ3) is 6.08. The van der Waals surface area contributed by atoms with Gasteiger partial charge in [-0.05, 0) is 67.9 Å². The minimum atomic E-state index is -3.50. The van der Waals surface area contributed by atoms with E-state index < -0.39 is 10.0 Å². The third-order valence-electron chi connectivity index (χ3n) is 4.69. The lowest BCUT2D eigenvalue weighted by Gasteiger charge is -2.23. The molecular weight excluding hydrogens is 412 g/mol. The van der Waals surface area contributed by atoms with E-state index in [0.717, 1.165) is 16.8 Å². The van der Waals surface area contributed by atoms with Crippen molar-refractivity contribution in [2.45, 2.75) is 20.4 Å². The number of amides is 1. The molecule has 0 aliphatic carbocycles. The molecule has 0 radical (unpaired) electrons. The average Bonchev–Trinajstić information content (AvgIpc) is 2.74. The molecule has 0 fully saturated rings. The number of ether oxygens (including phenoxy) is 1. The fourth-order valence-corrected chi connectivity index (χ4v) is 3.93. The Morgan fingerprint density at radius 2 is 1.55 bits per heavy atom. The summed E-state index contributed by atoms with van der Waals surface area (Å²) in [4.78, 5) is 12.5. The van der Waals surface area contributed by atoms with Crippen LogP contribution in [-0.4, -0.2) is 27.2 Å². The van der Waals surface area contributed by atoms with E-state index in [2.05, 4.69) is 5.32 Å². The Balaban J connectivity index is 1.73. The Kier molecular flexibility index (Phi) is 6.97. The first kappa shape index (κ1) is 22.4. The predicted molar refractivity (Wildman–Crippen MR) is 124 cm³/mol. The molecule has 0 bridgehead atoms. The second-order valence-corrected chi connectivity index (χ2v) is 9.12. The van der Waals surface area contributed by atoms with Gasteiger partial charge in [-0.3, -0.25) is 9.10 Å². The summed E-state index contributed by atoms with van der Waals surface area (Å²) >= 11 is 0. The van der Waals surface area contributed by atoms with E-state index in [1.807, 2.05) is 38.1 Å². The number of benzene rings is 3. The Morgan fingerprint density at radius 1 is 0.935 bits per heavy atom. The van der Waals surface area contributed by atoms with Crippen LogP contribution < -0.4 is 14.4 Å². The predicted octanol–water partition coefficient (Wildman–Crippen LogP) is 4.61. The van der Waals surface area contributed by atoms with Crippen molar-refractivity contribution < 1.29 is 17.9 Å². The quantitative estimate of drug-likeness (QED) is 0.557. The first-order valence-corrected chi connectivity index (χ1v) is 11.8. The number of hydrogen-bond donors (Lipinski definition) is 1. The Hall–Kier alpha value is -3.32. The summed E-state index contributed by atoms with van der Waals surface area (Å²) < 4.78 is 31.5. The van der Waals surface area contributed by atoms with Gasteiger partial charge in [0.2, 0.25) is 10.0 Å². The van der Waals surface area contributed by atoms with Crippen LogP contribution in [0.4, 0.5) is 11.4 Å². The first-order chi connectivity index (χ1) is 14.8. The number of anilines is 2. The highest BCUT2D eigenvalue weighted by Gasteiger charge is 2.18. The molecule has 7 heteroatoms. The third-order valence-corrected chi connectivity index (χ3v) is 5.83. The van der Waals surface area contributed by atoms with Crippen molar-refractivity contribution in [3.8, 4) is 5.75 Å². The SMILES string of the molecule is CCOc1ccc(N(Cc2ccc(C(=O)Nc3ccc(C)cc3)cc2)S(C)(=O)=O)cc1. The van der Waals surface area contributed by atoms with Crippen LogP contribution in [0.3, 0.4) is 0 Å². The van der Waals surface area contributed by atoms with Crippen LogP contribution in [0.5, 0.6) is 5.75 Å². The lowest BCUT2D eigenvalue weighted by molar-refractivity contribution is 0.102. The van der Waals surface area contributed by atoms with E-state index in [1.54, 1.807) is 48.5 Å². The molecule has 0 spiro atoms. The maximum absolute atomic E-state index is 12.5. The number of rotatable bonds is 8. The van der Waals surface area contributed by atoms with Crippen LogP contribution in [0.1, 0.15) is 28.4 Å². The van der Waals surface area contributed by atoms with Gasteiger partial charge >= 0.3 is 0 Å². The average molecular weight is 439 g/mol. The summed E-state index contributed by atoms with van der Waals surface area (Å²) in [6, 6.07) is 21.4. The summed E-state index contributed by atoms with van der Waals surface area (Å²) in [5.41, 5.74) is 3.65. The normalized spacial score (nSPS) is 11.1. The highest BCUT2D eigenvalue weighted by molar-refractivity contribution is 7.92. The molecule has 1 amide bonds. The summed E-state index contributed by atoms with van der Waals surface area (Å²) in [7, 11) is -3.50. The summed E-state index contributed by atoms with van der Waals surface area (Å²) in [5.74, 6) is 0.463. The fraction of sp³-hybridized carbons (Fsp3) is 0.208. The maximum Gasteiger partial charge on any atom is 0.255 e. The highest BCUT2D eigenvalue weighted by atomic mass is 32.2. The summed E-state index contributed by atoms with van der Waals surface area (Å²) in [5, 5.41) is 2.85. The van der Waals surface area contributed by atoms with Gasteiger partial charge in [0.25, 0.3) is 5.91 Å². The summed E-state index contributed by atoms with van der Waals surface area (Å²) in [6.07, 6.45) is 1.17. The second kappa shape index (κ2) is 9.66. The standard InChI is InChI=1S/C24H26N2O4S/c1-4-30-23-15-13-22(14-16-23)26(31(3,28)29)17-19-7-9-20(10-8-19)24(27)25-21-11-5-18(2)6-12-21/h5-16H,4,17H2,1-3H3,(H,25,27). The molecule has 0 aliphatic heterocycles. The van der Waals surface area contributed by atoms with Crippen molar-refractivity contribution in [1.82, 2.24) is 0 Å². The lowest BCUT2D eigenvalue weighted by atomic mass is 10.1. The van der Waals surface area contributed by atoms with E-state index in [9.17, 15) is 13.2 Å². The van der Waals surface area contributed by atoms with Crippen LogP contribution in [-0.2, 0) is 16.6 Å². The largest absolute Gasteiger partial charge is 0.494 e. The Labute approximate surface area is 183 Å². The highest BCUT2D eigenvalue weighted by Crippen LogP contribution is 2.24. The Morgan fingerprint density at radius 3 is 2.10 bits per heavy atom. The molecule has 6 nitrogen and oxygen atoms in total. The van der Waals surface area contributed by atoms with E-state index in [4.69, 9.17) is 4.74 Å². The zero-order valence-corrected chi connectivity index (χ0v) is 18.6. The van der Waals surface area contributed by atoms with Crippen LogP contribution in [0.25, 0.3) is 0 Å². The van der Waals surface area contributed by atoms with E-state index in [1.165, 1.54) is 10.6 Å². The molecule has 0 heterocycles. The van der Waals surface area contributed by atoms with Crippen LogP contribution in [0.2, 0.25) is 0 Å². The minimum Gasteiger partial charge on any atom is -0.494 e. The molecule has 0 unspecified atom stereocenters. The molecule has 162 valence electrons. The van der Waals surface area contributed by atoms with Gasteiger partial charge in [0.1, 0.15) is 5.75 Å². The number of carbonyl (C=O) groups is 1. The lowest BCUT2D eigenvalue weighted by Crippen LogP contribution is -2.29. The van der Waals surface area contributed by atoms with Crippen LogP contribution >= 0.6 is 0 Å². The molecule has 0 aromatic heterocycles. The molecule has 3 rings (SSSR count). The van der Waals surface area contributed by atoms with Crippen molar-refractivity contribution in [3.63, 3.8) is 0 Å². The summed E-state index contributed by atoms with van der Waals surface area (Å²) in [6.45, 7) is 4.57.